The molecule has 0 bridgehead atoms. The fourth-order valence-corrected chi connectivity index (χ4v) is 4.21. The number of Topliss-reactive ketones (excluding diaryl/α,β-unsaturated/α-hetero) is 1. The number of aryl methyl sites for hydroxylation is 1. The van der Waals surface area contributed by atoms with Crippen LogP contribution in [0, 0.1) is 12.7 Å². The second-order valence-electron chi connectivity index (χ2n) is 7.92. The van der Waals surface area contributed by atoms with E-state index in [0.717, 1.165) is 35.2 Å². The molecular weight excluding hydrogens is 395 g/mol. The molecule has 0 saturated heterocycles. The number of carbonyl (C=O) groups excluding carboxylic acids is 2. The minimum atomic E-state index is -0.382. The molecular formula is C24H21FN4O2. The number of fused-ring (bicyclic) bond motifs is 1. The standard InChI is InChI=1S/C24H21FN4O2/c1-14-5-7-15(8-6-14)22-21-19(3-2-4-20(21)30)28-23-18(13-26-29(22)23)24(31)27-17-11-9-16(25)10-12-17/h5-13,22,28H,2-4H2,1H3,(H,27,31). The molecule has 7 heteroatoms. The molecule has 0 radical (unpaired) electrons. The number of amides is 1. The third-order valence-corrected chi connectivity index (χ3v) is 5.78. The van der Waals surface area contributed by atoms with Gasteiger partial charge in [0.05, 0.1) is 6.20 Å². The number of hydrogen-bond acceptors (Lipinski definition) is 4. The monoisotopic (exact) mass is 416 g/mol. The number of halogens is 1. The van der Waals surface area contributed by atoms with Gasteiger partial charge in [0, 0.05) is 23.4 Å². The van der Waals surface area contributed by atoms with Crippen molar-refractivity contribution >= 4 is 23.2 Å². The molecule has 2 aliphatic rings. The lowest BCUT2D eigenvalue weighted by atomic mass is 9.85. The number of nitrogens with zero attached hydrogens (tertiary/aromatic N) is 2. The van der Waals surface area contributed by atoms with E-state index in [0.29, 0.717) is 23.5 Å². The van der Waals surface area contributed by atoms with E-state index in [9.17, 15) is 14.0 Å². The van der Waals surface area contributed by atoms with Gasteiger partial charge in [0.15, 0.2) is 5.78 Å². The van der Waals surface area contributed by atoms with Crippen LogP contribution in [0.1, 0.15) is 46.8 Å². The van der Waals surface area contributed by atoms with Crippen LogP contribution in [-0.2, 0) is 4.79 Å². The maximum absolute atomic E-state index is 13.2. The number of hydrogen-bond donors (Lipinski definition) is 2. The molecule has 1 aromatic heterocycles. The Bertz CT molecular complexity index is 1210. The summed E-state index contributed by atoms with van der Waals surface area (Å²) in [5, 5.41) is 10.6. The van der Waals surface area contributed by atoms with Crippen molar-refractivity contribution < 1.29 is 14.0 Å². The van der Waals surface area contributed by atoms with Crippen molar-refractivity contribution in [3.8, 4) is 0 Å². The summed E-state index contributed by atoms with van der Waals surface area (Å²) in [5.41, 5.74) is 4.50. The van der Waals surface area contributed by atoms with Gasteiger partial charge in [0.25, 0.3) is 5.91 Å². The zero-order chi connectivity index (χ0) is 21.5. The molecule has 1 aliphatic heterocycles. The largest absolute Gasteiger partial charge is 0.343 e. The van der Waals surface area contributed by atoms with Crippen molar-refractivity contribution in [3.05, 3.63) is 88.5 Å². The molecule has 31 heavy (non-hydrogen) atoms. The van der Waals surface area contributed by atoms with E-state index in [-0.39, 0.29) is 23.5 Å². The maximum atomic E-state index is 13.2. The third kappa shape index (κ3) is 3.42. The van der Waals surface area contributed by atoms with E-state index in [1.54, 1.807) is 4.68 Å². The summed E-state index contributed by atoms with van der Waals surface area (Å²) >= 11 is 0. The maximum Gasteiger partial charge on any atom is 0.261 e. The van der Waals surface area contributed by atoms with E-state index in [1.807, 2.05) is 31.2 Å². The number of nitrogens with one attached hydrogen (secondary N) is 2. The summed E-state index contributed by atoms with van der Waals surface area (Å²) in [4.78, 5) is 25.8. The van der Waals surface area contributed by atoms with Crippen LogP contribution in [0.4, 0.5) is 15.9 Å². The number of allylic oxidation sites excluding steroid dienone is 2. The first kappa shape index (κ1) is 19.2. The number of anilines is 2. The number of carbonyl (C=O) groups is 2. The molecule has 156 valence electrons. The van der Waals surface area contributed by atoms with Crippen LogP contribution in [0.15, 0.2) is 66.0 Å². The lowest BCUT2D eigenvalue weighted by molar-refractivity contribution is -0.116. The fourth-order valence-electron chi connectivity index (χ4n) is 4.21. The molecule has 2 N–H and O–H groups in total. The number of ketones is 1. The highest BCUT2D eigenvalue weighted by Crippen LogP contribution is 2.41. The average molecular weight is 416 g/mol. The molecule has 6 nitrogen and oxygen atoms in total. The SMILES string of the molecule is Cc1ccc(C2C3=C(CCCC3=O)Nc3c(C(=O)Nc4ccc(F)cc4)cnn32)cc1. The Hall–Kier alpha value is -3.74. The normalized spacial score (nSPS) is 17.6. The van der Waals surface area contributed by atoms with Crippen LogP contribution >= 0.6 is 0 Å². The van der Waals surface area contributed by atoms with Crippen LogP contribution in [0.3, 0.4) is 0 Å². The predicted molar refractivity (Wildman–Crippen MR) is 115 cm³/mol. The fraction of sp³-hybridized carbons (Fsp3) is 0.208. The van der Waals surface area contributed by atoms with Gasteiger partial charge in [-0.2, -0.15) is 5.10 Å². The highest BCUT2D eigenvalue weighted by Gasteiger charge is 2.37. The van der Waals surface area contributed by atoms with Gasteiger partial charge in [0.2, 0.25) is 0 Å². The number of rotatable bonds is 3. The molecule has 2 aromatic carbocycles. The van der Waals surface area contributed by atoms with E-state index in [4.69, 9.17) is 0 Å². The highest BCUT2D eigenvalue weighted by atomic mass is 19.1. The second kappa shape index (κ2) is 7.50. The topological polar surface area (TPSA) is 76.0 Å². The first-order valence-corrected chi connectivity index (χ1v) is 10.3. The average Bonchev–Trinajstić information content (AvgIpc) is 3.18. The zero-order valence-electron chi connectivity index (χ0n) is 17.0. The van der Waals surface area contributed by atoms with Gasteiger partial charge in [-0.3, -0.25) is 9.59 Å². The molecule has 1 aliphatic carbocycles. The predicted octanol–water partition coefficient (Wildman–Crippen LogP) is 4.60. The van der Waals surface area contributed by atoms with Crippen molar-refractivity contribution in [2.75, 3.05) is 10.6 Å². The van der Waals surface area contributed by atoms with Gasteiger partial charge in [-0.25, -0.2) is 9.07 Å². The molecule has 1 atom stereocenters. The van der Waals surface area contributed by atoms with E-state index >= 15 is 0 Å². The molecule has 5 rings (SSSR count). The lowest BCUT2D eigenvalue weighted by Gasteiger charge is -2.33. The van der Waals surface area contributed by atoms with Gasteiger partial charge in [-0.15, -0.1) is 0 Å². The summed E-state index contributed by atoms with van der Waals surface area (Å²) in [6, 6.07) is 13.2. The van der Waals surface area contributed by atoms with Crippen molar-refractivity contribution in [1.82, 2.24) is 9.78 Å². The number of aromatic nitrogens is 2. The molecule has 1 amide bonds. The van der Waals surface area contributed by atoms with Gasteiger partial charge in [0.1, 0.15) is 23.2 Å². The summed E-state index contributed by atoms with van der Waals surface area (Å²) < 4.78 is 14.9. The summed E-state index contributed by atoms with van der Waals surface area (Å²) in [7, 11) is 0. The summed E-state index contributed by atoms with van der Waals surface area (Å²) in [6.45, 7) is 2.01. The number of benzene rings is 2. The third-order valence-electron chi connectivity index (χ3n) is 5.78. The Morgan fingerprint density at radius 3 is 2.61 bits per heavy atom. The van der Waals surface area contributed by atoms with Gasteiger partial charge >= 0.3 is 0 Å². The van der Waals surface area contributed by atoms with Crippen LogP contribution in [0.2, 0.25) is 0 Å². The van der Waals surface area contributed by atoms with Crippen LogP contribution < -0.4 is 10.6 Å². The van der Waals surface area contributed by atoms with E-state index in [1.165, 1.54) is 30.5 Å². The van der Waals surface area contributed by atoms with Gasteiger partial charge in [-0.05, 0) is 49.6 Å². The van der Waals surface area contributed by atoms with Gasteiger partial charge < -0.3 is 10.6 Å². The molecule has 0 saturated carbocycles. The zero-order valence-corrected chi connectivity index (χ0v) is 17.0. The van der Waals surface area contributed by atoms with Crippen molar-refractivity contribution in [3.63, 3.8) is 0 Å². The Balaban J connectivity index is 1.56. The second-order valence-corrected chi connectivity index (χ2v) is 7.92. The highest BCUT2D eigenvalue weighted by molar-refractivity contribution is 6.08. The van der Waals surface area contributed by atoms with Crippen LogP contribution in [0.25, 0.3) is 0 Å². The van der Waals surface area contributed by atoms with Crippen molar-refractivity contribution in [2.45, 2.75) is 32.2 Å². The van der Waals surface area contributed by atoms with E-state index in [2.05, 4.69) is 15.7 Å². The quantitative estimate of drug-likeness (QED) is 0.654. The first-order chi connectivity index (χ1) is 15.0. The minimum absolute atomic E-state index is 0.109. The Morgan fingerprint density at radius 2 is 1.87 bits per heavy atom. The molecule has 1 unspecified atom stereocenters. The van der Waals surface area contributed by atoms with Gasteiger partial charge in [-0.1, -0.05) is 29.8 Å². The van der Waals surface area contributed by atoms with Crippen molar-refractivity contribution in [1.29, 1.82) is 0 Å². The summed E-state index contributed by atoms with van der Waals surface area (Å²) in [6.07, 6.45) is 3.53. The molecule has 2 heterocycles. The Kier molecular flexibility index (Phi) is 4.66. The first-order valence-electron chi connectivity index (χ1n) is 10.3. The molecule has 0 spiro atoms. The van der Waals surface area contributed by atoms with Crippen molar-refractivity contribution in [2.24, 2.45) is 0 Å². The Morgan fingerprint density at radius 1 is 1.13 bits per heavy atom. The Labute approximate surface area is 178 Å². The summed E-state index contributed by atoms with van der Waals surface area (Å²) in [5.74, 6) is -0.0597. The lowest BCUT2D eigenvalue weighted by Crippen LogP contribution is -2.32. The van der Waals surface area contributed by atoms with Crippen LogP contribution in [0.5, 0.6) is 0 Å². The molecule has 0 fully saturated rings. The minimum Gasteiger partial charge on any atom is -0.343 e. The van der Waals surface area contributed by atoms with E-state index < -0.39 is 0 Å². The van der Waals surface area contributed by atoms with Crippen LogP contribution in [-0.4, -0.2) is 21.5 Å². The molecule has 3 aromatic rings. The smallest absolute Gasteiger partial charge is 0.261 e.